The highest BCUT2D eigenvalue weighted by Gasteiger charge is 2.25. The fraction of sp³-hybridized carbons (Fsp3) is 0.231. The van der Waals surface area contributed by atoms with E-state index < -0.39 is 0 Å². The number of carbonyl (C=O) groups is 1. The molecule has 3 aromatic carbocycles. The predicted molar refractivity (Wildman–Crippen MR) is 129 cm³/mol. The van der Waals surface area contributed by atoms with Crippen molar-refractivity contribution in [2.24, 2.45) is 0 Å². The normalized spacial score (nSPS) is 16.0. The van der Waals surface area contributed by atoms with Crippen molar-refractivity contribution >= 4 is 28.3 Å². The van der Waals surface area contributed by atoms with Gasteiger partial charge in [-0.15, -0.1) is 0 Å². The Labute approximate surface area is 187 Å². The first-order valence-corrected chi connectivity index (χ1v) is 11.2. The average Bonchev–Trinajstić information content (AvgIpc) is 3.18. The molecule has 1 N–H and O–H groups in total. The van der Waals surface area contributed by atoms with Gasteiger partial charge in [-0.25, -0.2) is 4.98 Å². The summed E-state index contributed by atoms with van der Waals surface area (Å²) in [4.78, 5) is 22.8. The van der Waals surface area contributed by atoms with E-state index >= 15 is 0 Å². The van der Waals surface area contributed by atoms with E-state index in [9.17, 15) is 4.79 Å². The quantitative estimate of drug-likeness (QED) is 0.531. The zero-order chi connectivity index (χ0) is 21.7. The van der Waals surface area contributed by atoms with Gasteiger partial charge in [0.25, 0.3) is 5.91 Å². The summed E-state index contributed by atoms with van der Waals surface area (Å²) < 4.78 is 2.12. The molecule has 0 aliphatic carbocycles. The Kier molecular flexibility index (Phi) is 4.47. The molecule has 0 saturated carbocycles. The summed E-state index contributed by atoms with van der Waals surface area (Å²) in [5, 5.41) is 3.06. The zero-order valence-corrected chi connectivity index (χ0v) is 18.1. The van der Waals surface area contributed by atoms with E-state index in [1.807, 2.05) is 42.5 Å². The number of anilines is 2. The molecule has 0 bridgehead atoms. The van der Waals surface area contributed by atoms with Gasteiger partial charge in [-0.3, -0.25) is 9.36 Å². The third-order valence-electron chi connectivity index (χ3n) is 6.62. The first-order valence-electron chi connectivity index (χ1n) is 11.2. The van der Waals surface area contributed by atoms with Crippen molar-refractivity contribution in [2.45, 2.75) is 6.92 Å². The third kappa shape index (κ3) is 2.99. The van der Waals surface area contributed by atoms with Gasteiger partial charge in [0.15, 0.2) is 0 Å². The first kappa shape index (κ1) is 19.1. The molecule has 3 heterocycles. The molecule has 0 unspecified atom stereocenters. The van der Waals surface area contributed by atoms with Crippen LogP contribution in [0.25, 0.3) is 28.1 Å². The molecular weight excluding hydrogens is 398 g/mol. The number of likely N-dealkylation sites (N-methyl/N-ethyl adjacent to an activating group) is 1. The minimum Gasteiger partial charge on any atom is -0.369 e. The van der Waals surface area contributed by atoms with Gasteiger partial charge in [-0.2, -0.15) is 0 Å². The lowest BCUT2D eigenvalue weighted by molar-refractivity contribution is 0.102. The Morgan fingerprint density at radius 2 is 1.69 bits per heavy atom. The van der Waals surface area contributed by atoms with E-state index in [1.54, 1.807) is 0 Å². The van der Waals surface area contributed by atoms with Gasteiger partial charge >= 0.3 is 0 Å². The highest BCUT2D eigenvalue weighted by atomic mass is 16.1. The Morgan fingerprint density at radius 1 is 0.906 bits per heavy atom. The minimum atomic E-state index is -0.102. The van der Waals surface area contributed by atoms with Crippen molar-refractivity contribution in [3.05, 3.63) is 72.3 Å². The Balaban J connectivity index is 1.45. The van der Waals surface area contributed by atoms with Crippen LogP contribution in [0, 0.1) is 0 Å². The van der Waals surface area contributed by atoms with Crippen LogP contribution in [-0.4, -0.2) is 53.1 Å². The summed E-state index contributed by atoms with van der Waals surface area (Å²) in [6.45, 7) is 7.65. The maximum Gasteiger partial charge on any atom is 0.257 e. The number of para-hydroxylation sites is 3. The van der Waals surface area contributed by atoms with Gasteiger partial charge in [0, 0.05) is 37.4 Å². The number of hydrogen-bond donors (Lipinski definition) is 1. The number of fused-ring (bicyclic) bond motifs is 2. The summed E-state index contributed by atoms with van der Waals surface area (Å²) in [7, 11) is 0. The van der Waals surface area contributed by atoms with E-state index in [1.165, 1.54) is 5.69 Å². The van der Waals surface area contributed by atoms with E-state index in [0.29, 0.717) is 5.56 Å². The Hall–Kier alpha value is -3.64. The molecular formula is C26H25N5O. The molecule has 6 heteroatoms. The van der Waals surface area contributed by atoms with Crippen LogP contribution in [0.5, 0.6) is 0 Å². The van der Waals surface area contributed by atoms with Crippen LogP contribution in [0.2, 0.25) is 0 Å². The highest BCUT2D eigenvalue weighted by Crippen LogP contribution is 2.36. The smallest absolute Gasteiger partial charge is 0.257 e. The number of nitrogens with zero attached hydrogens (tertiary/aromatic N) is 4. The third-order valence-corrected chi connectivity index (χ3v) is 6.62. The van der Waals surface area contributed by atoms with Gasteiger partial charge in [0.1, 0.15) is 5.82 Å². The monoisotopic (exact) mass is 423 g/mol. The van der Waals surface area contributed by atoms with Crippen LogP contribution in [0.15, 0.2) is 66.7 Å². The largest absolute Gasteiger partial charge is 0.369 e. The second kappa shape index (κ2) is 7.50. The number of nitrogens with one attached hydrogen (secondary N) is 1. The lowest BCUT2D eigenvalue weighted by atomic mass is 10.1. The van der Waals surface area contributed by atoms with Crippen LogP contribution in [-0.2, 0) is 0 Å². The molecule has 0 atom stereocenters. The van der Waals surface area contributed by atoms with Gasteiger partial charge in [0.05, 0.1) is 28.0 Å². The number of amides is 1. The fourth-order valence-electron chi connectivity index (χ4n) is 4.85. The Bertz CT molecular complexity index is 1320. The SMILES string of the molecule is CCN1CCN(c2ccc(-c3nc4cccc5c4n3-c3ccccc3NC5=O)cc2)CC1. The lowest BCUT2D eigenvalue weighted by Gasteiger charge is -2.35. The highest BCUT2D eigenvalue weighted by molar-refractivity contribution is 6.14. The number of carbonyl (C=O) groups excluding carboxylic acids is 1. The zero-order valence-electron chi connectivity index (χ0n) is 18.1. The first-order chi connectivity index (χ1) is 15.7. The van der Waals surface area contributed by atoms with Crippen LogP contribution in [0.3, 0.4) is 0 Å². The second-order valence-corrected chi connectivity index (χ2v) is 8.38. The molecule has 1 saturated heterocycles. The van der Waals surface area contributed by atoms with Crippen molar-refractivity contribution < 1.29 is 4.79 Å². The molecule has 6 rings (SSSR count). The van der Waals surface area contributed by atoms with Crippen molar-refractivity contribution in [2.75, 3.05) is 42.9 Å². The molecule has 1 fully saturated rings. The summed E-state index contributed by atoms with van der Waals surface area (Å²) in [5.41, 5.74) is 6.32. The molecule has 0 radical (unpaired) electrons. The molecule has 32 heavy (non-hydrogen) atoms. The van der Waals surface area contributed by atoms with Crippen molar-refractivity contribution in [1.82, 2.24) is 14.5 Å². The van der Waals surface area contributed by atoms with E-state index in [4.69, 9.17) is 4.98 Å². The summed E-state index contributed by atoms with van der Waals surface area (Å²) in [6, 6.07) is 22.3. The molecule has 160 valence electrons. The number of benzene rings is 3. The topological polar surface area (TPSA) is 53.4 Å². The van der Waals surface area contributed by atoms with Gasteiger partial charge in [0.2, 0.25) is 0 Å². The van der Waals surface area contributed by atoms with Gasteiger partial charge < -0.3 is 15.1 Å². The van der Waals surface area contributed by atoms with Crippen molar-refractivity contribution in [3.63, 3.8) is 0 Å². The molecule has 0 spiro atoms. The van der Waals surface area contributed by atoms with Crippen LogP contribution < -0.4 is 10.2 Å². The maximum absolute atomic E-state index is 12.9. The summed E-state index contributed by atoms with van der Waals surface area (Å²) >= 11 is 0. The summed E-state index contributed by atoms with van der Waals surface area (Å²) in [6.07, 6.45) is 0. The predicted octanol–water partition coefficient (Wildman–Crippen LogP) is 4.40. The van der Waals surface area contributed by atoms with Crippen LogP contribution in [0.4, 0.5) is 11.4 Å². The van der Waals surface area contributed by atoms with Crippen molar-refractivity contribution in [3.8, 4) is 17.1 Å². The molecule has 6 nitrogen and oxygen atoms in total. The average molecular weight is 424 g/mol. The van der Waals surface area contributed by atoms with Crippen LogP contribution >= 0.6 is 0 Å². The van der Waals surface area contributed by atoms with Gasteiger partial charge in [-0.05, 0) is 55.1 Å². The number of hydrogen-bond acceptors (Lipinski definition) is 4. The van der Waals surface area contributed by atoms with E-state index in [-0.39, 0.29) is 5.91 Å². The summed E-state index contributed by atoms with van der Waals surface area (Å²) in [5.74, 6) is 0.744. The molecule has 1 aromatic heterocycles. The fourth-order valence-corrected chi connectivity index (χ4v) is 4.85. The number of rotatable bonds is 3. The lowest BCUT2D eigenvalue weighted by Crippen LogP contribution is -2.46. The van der Waals surface area contributed by atoms with Gasteiger partial charge in [-0.1, -0.05) is 25.1 Å². The van der Waals surface area contributed by atoms with Crippen LogP contribution in [0.1, 0.15) is 17.3 Å². The Morgan fingerprint density at radius 3 is 2.47 bits per heavy atom. The molecule has 1 amide bonds. The standard InChI is InChI=1S/C26H25N5O/c1-2-29-14-16-30(17-15-29)19-12-10-18(11-13-19)25-27-22-8-5-6-20-24(22)31(25)23-9-4-3-7-21(23)28-26(20)32/h3-13H,2,14-17H2,1H3,(H,28,32). The second-order valence-electron chi connectivity index (χ2n) is 8.38. The number of piperazine rings is 1. The number of imidazole rings is 1. The molecule has 4 aromatic rings. The molecule has 2 aliphatic rings. The molecule has 2 aliphatic heterocycles. The van der Waals surface area contributed by atoms with Crippen molar-refractivity contribution in [1.29, 1.82) is 0 Å². The van der Waals surface area contributed by atoms with E-state index in [2.05, 4.69) is 50.9 Å². The van der Waals surface area contributed by atoms with E-state index in [0.717, 1.165) is 66.5 Å². The number of aromatic nitrogens is 2. The minimum absolute atomic E-state index is 0.102. The maximum atomic E-state index is 12.9.